The topological polar surface area (TPSA) is 96.7 Å². The van der Waals surface area contributed by atoms with Gasteiger partial charge in [-0.3, -0.25) is 0 Å². The summed E-state index contributed by atoms with van der Waals surface area (Å²) in [5.74, 6) is -0.576. The van der Waals surface area contributed by atoms with Crippen LogP contribution >= 0.6 is 0 Å². The number of carbonyl (C=O) groups is 1. The van der Waals surface area contributed by atoms with Gasteiger partial charge in [0, 0.05) is 0 Å². The minimum absolute atomic E-state index is 0.0322. The van der Waals surface area contributed by atoms with Crippen molar-refractivity contribution in [3.63, 3.8) is 0 Å². The number of carboxylic acids is 1. The number of hydrogen-bond acceptors (Lipinski definition) is 4. The first-order chi connectivity index (χ1) is 10.7. The summed E-state index contributed by atoms with van der Waals surface area (Å²) in [5.41, 5.74) is 2.95. The van der Waals surface area contributed by atoms with Crippen molar-refractivity contribution in [2.45, 2.75) is 18.9 Å². The highest BCUT2D eigenvalue weighted by atomic mass is 16.4. The highest BCUT2D eigenvalue weighted by Crippen LogP contribution is 2.32. The maximum Gasteiger partial charge on any atom is 0.354 e. The Kier molecular flexibility index (Phi) is 2.78. The molecule has 0 saturated carbocycles. The normalized spacial score (nSPS) is 14.2. The van der Waals surface area contributed by atoms with Crippen LogP contribution in [0, 0.1) is 0 Å². The van der Waals surface area contributed by atoms with Crippen molar-refractivity contribution < 1.29 is 9.90 Å². The number of hydrogen-bond donors (Lipinski definition) is 2. The van der Waals surface area contributed by atoms with E-state index in [0.29, 0.717) is 11.5 Å². The van der Waals surface area contributed by atoms with Gasteiger partial charge in [-0.05, 0) is 24.0 Å². The summed E-state index contributed by atoms with van der Waals surface area (Å²) in [4.78, 5) is 22.2. The van der Waals surface area contributed by atoms with Gasteiger partial charge in [-0.15, -0.1) is 0 Å². The first-order valence-corrected chi connectivity index (χ1v) is 6.97. The number of aromatic nitrogens is 5. The van der Waals surface area contributed by atoms with Crippen LogP contribution in [0.15, 0.2) is 36.9 Å². The van der Waals surface area contributed by atoms with Gasteiger partial charge in [0.2, 0.25) is 0 Å². The number of aromatic amines is 1. The molecule has 22 heavy (non-hydrogen) atoms. The predicted molar refractivity (Wildman–Crippen MR) is 77.5 cm³/mol. The van der Waals surface area contributed by atoms with Crippen LogP contribution < -0.4 is 0 Å². The Bertz CT molecular complexity index is 826. The number of fused-ring (bicyclic) bond motifs is 1. The fourth-order valence-corrected chi connectivity index (χ4v) is 3.02. The zero-order chi connectivity index (χ0) is 15.1. The van der Waals surface area contributed by atoms with Gasteiger partial charge in [-0.2, -0.15) is 5.10 Å². The molecule has 0 aliphatic heterocycles. The minimum atomic E-state index is -1.06. The molecule has 1 aromatic carbocycles. The average Bonchev–Trinajstić information content (AvgIpc) is 3.24. The second-order valence-electron chi connectivity index (χ2n) is 5.29. The Balaban J connectivity index is 1.73. The van der Waals surface area contributed by atoms with Crippen LogP contribution in [0.25, 0.3) is 11.5 Å². The standard InChI is InChI=1S/C15H13N5O2/c21-15(22)13-12(16-7-17-13)14-18-8-19-20(14)11-5-9-3-1-2-4-10(9)6-11/h1-4,7-8,11H,5-6H2,(H,16,17)(H,21,22). The van der Waals surface area contributed by atoms with Gasteiger partial charge >= 0.3 is 5.97 Å². The lowest BCUT2D eigenvalue weighted by atomic mass is 10.1. The molecule has 0 spiro atoms. The maximum atomic E-state index is 11.3. The van der Waals surface area contributed by atoms with Crippen LogP contribution in [-0.2, 0) is 12.8 Å². The minimum Gasteiger partial charge on any atom is -0.477 e. The van der Waals surface area contributed by atoms with Crippen LogP contribution in [0.5, 0.6) is 0 Å². The lowest BCUT2D eigenvalue weighted by Crippen LogP contribution is -2.13. The maximum absolute atomic E-state index is 11.3. The molecule has 7 nitrogen and oxygen atoms in total. The molecule has 0 amide bonds. The number of nitrogens with one attached hydrogen (secondary N) is 1. The number of carboxylic acid groups (broad SMARTS) is 1. The highest BCUT2D eigenvalue weighted by molar-refractivity contribution is 5.91. The van der Waals surface area contributed by atoms with E-state index in [0.717, 1.165) is 12.8 Å². The molecule has 1 aliphatic rings. The Hall–Kier alpha value is -2.96. The zero-order valence-electron chi connectivity index (χ0n) is 11.6. The smallest absolute Gasteiger partial charge is 0.354 e. The monoisotopic (exact) mass is 295 g/mol. The molecule has 0 bridgehead atoms. The summed E-state index contributed by atoms with van der Waals surface area (Å²) >= 11 is 0. The lowest BCUT2D eigenvalue weighted by molar-refractivity contribution is 0.0692. The van der Waals surface area contributed by atoms with E-state index in [2.05, 4.69) is 32.2 Å². The third kappa shape index (κ3) is 1.90. The van der Waals surface area contributed by atoms with Crippen LogP contribution in [0.3, 0.4) is 0 Å². The average molecular weight is 295 g/mol. The van der Waals surface area contributed by atoms with E-state index >= 15 is 0 Å². The Labute approximate surface area is 125 Å². The van der Waals surface area contributed by atoms with E-state index in [4.69, 9.17) is 0 Å². The first-order valence-electron chi connectivity index (χ1n) is 6.97. The van der Waals surface area contributed by atoms with Crippen molar-refractivity contribution in [1.82, 2.24) is 24.7 Å². The van der Waals surface area contributed by atoms with E-state index in [9.17, 15) is 9.90 Å². The predicted octanol–water partition coefficient (Wildman–Crippen LogP) is 1.71. The van der Waals surface area contributed by atoms with Gasteiger partial charge in [0.1, 0.15) is 12.0 Å². The summed E-state index contributed by atoms with van der Waals surface area (Å²) < 4.78 is 1.78. The van der Waals surface area contributed by atoms with Gasteiger partial charge < -0.3 is 10.1 Å². The summed E-state index contributed by atoms with van der Waals surface area (Å²) in [6.45, 7) is 0. The molecule has 0 saturated heterocycles. The molecule has 1 aliphatic carbocycles. The molecule has 7 heteroatoms. The molecule has 0 unspecified atom stereocenters. The molecule has 0 fully saturated rings. The molecule has 0 radical (unpaired) electrons. The van der Waals surface area contributed by atoms with Crippen molar-refractivity contribution >= 4 is 5.97 Å². The molecule has 3 aromatic rings. The molecule has 2 N–H and O–H groups in total. The fraction of sp³-hybridized carbons (Fsp3) is 0.200. The van der Waals surface area contributed by atoms with E-state index < -0.39 is 5.97 Å². The van der Waals surface area contributed by atoms with Crippen molar-refractivity contribution in [3.8, 4) is 11.5 Å². The highest BCUT2D eigenvalue weighted by Gasteiger charge is 2.27. The molecule has 4 rings (SSSR count). The Morgan fingerprint density at radius 1 is 1.23 bits per heavy atom. The fourth-order valence-electron chi connectivity index (χ4n) is 3.02. The number of rotatable bonds is 3. The van der Waals surface area contributed by atoms with Crippen molar-refractivity contribution in [2.24, 2.45) is 0 Å². The van der Waals surface area contributed by atoms with E-state index in [-0.39, 0.29) is 11.7 Å². The van der Waals surface area contributed by atoms with Gasteiger partial charge in [0.05, 0.1) is 12.4 Å². The lowest BCUT2D eigenvalue weighted by Gasteiger charge is -2.12. The molecule has 0 atom stereocenters. The zero-order valence-corrected chi connectivity index (χ0v) is 11.6. The third-order valence-corrected chi connectivity index (χ3v) is 4.01. The number of H-pyrrole nitrogens is 1. The van der Waals surface area contributed by atoms with Crippen LogP contribution in [0.2, 0.25) is 0 Å². The Morgan fingerprint density at radius 2 is 1.95 bits per heavy atom. The van der Waals surface area contributed by atoms with Crippen molar-refractivity contribution in [3.05, 3.63) is 53.7 Å². The summed E-state index contributed by atoms with van der Waals surface area (Å²) in [6, 6.07) is 8.42. The molecule has 2 heterocycles. The van der Waals surface area contributed by atoms with E-state index in [1.165, 1.54) is 23.8 Å². The molecule has 110 valence electrons. The summed E-state index contributed by atoms with van der Waals surface area (Å²) in [5, 5.41) is 13.5. The number of imidazole rings is 1. The van der Waals surface area contributed by atoms with Gasteiger partial charge in [0.25, 0.3) is 0 Å². The third-order valence-electron chi connectivity index (χ3n) is 4.01. The first kappa shape index (κ1) is 12.8. The van der Waals surface area contributed by atoms with E-state index in [1.807, 2.05) is 12.1 Å². The summed E-state index contributed by atoms with van der Waals surface area (Å²) in [7, 11) is 0. The van der Waals surface area contributed by atoms with Gasteiger partial charge in [-0.25, -0.2) is 19.4 Å². The molecule has 2 aromatic heterocycles. The molecular formula is C15H13N5O2. The molecular weight excluding hydrogens is 282 g/mol. The SMILES string of the molecule is O=C(O)c1[nH]cnc1-c1ncnn1C1Cc2ccccc2C1. The van der Waals surface area contributed by atoms with Crippen LogP contribution in [0.4, 0.5) is 0 Å². The summed E-state index contributed by atoms with van der Waals surface area (Å²) in [6.07, 6.45) is 4.53. The van der Waals surface area contributed by atoms with Crippen LogP contribution in [0.1, 0.15) is 27.7 Å². The largest absolute Gasteiger partial charge is 0.477 e. The number of benzene rings is 1. The quantitative estimate of drug-likeness (QED) is 0.766. The number of nitrogens with zero attached hydrogens (tertiary/aromatic N) is 4. The van der Waals surface area contributed by atoms with Crippen molar-refractivity contribution in [2.75, 3.05) is 0 Å². The number of aromatic carboxylic acids is 1. The van der Waals surface area contributed by atoms with Crippen molar-refractivity contribution in [1.29, 1.82) is 0 Å². The van der Waals surface area contributed by atoms with Gasteiger partial charge in [-0.1, -0.05) is 24.3 Å². The second-order valence-corrected chi connectivity index (χ2v) is 5.29. The van der Waals surface area contributed by atoms with E-state index in [1.54, 1.807) is 4.68 Å². The van der Waals surface area contributed by atoms with Crippen LogP contribution in [-0.4, -0.2) is 35.8 Å². The van der Waals surface area contributed by atoms with Gasteiger partial charge in [0.15, 0.2) is 11.5 Å². The second kappa shape index (κ2) is 4.80. The Morgan fingerprint density at radius 3 is 2.64 bits per heavy atom.